The Labute approximate surface area is 226 Å². The van der Waals surface area contributed by atoms with Crippen LogP contribution in [0.1, 0.15) is 24.8 Å². The number of aryl methyl sites for hydroxylation is 1. The molecule has 0 unspecified atom stereocenters. The Morgan fingerprint density at radius 1 is 1.13 bits per heavy atom. The second kappa shape index (κ2) is 9.56. The SMILES string of the molecule is Cn1cc(-c2ncnc3cc(C#CCN4CCOCC4)c(NC(=O)C45CC(C4)C5)nc23)c(-c2ccccc2)n1. The molecule has 8 rings (SSSR count). The van der Waals surface area contributed by atoms with Crippen molar-refractivity contribution >= 4 is 22.8 Å². The summed E-state index contributed by atoms with van der Waals surface area (Å²) in [4.78, 5) is 29.7. The topological polar surface area (TPSA) is 98.1 Å². The minimum absolute atomic E-state index is 0.0397. The standard InChI is InChI=1S/C30H29N7O2/c1-36-18-23(25(35-36)21-6-3-2-4-7-21)26-27-24(31-19-32-26)14-22(8-5-9-37-10-12-39-13-11-37)28(33-27)34-29(38)30-15-20(16-30)17-30/h2-4,6-7,14,18-20H,9-13,15-17H2,1H3,(H,33,34,38). The third kappa shape index (κ3) is 4.36. The van der Waals surface area contributed by atoms with E-state index in [0.29, 0.717) is 40.6 Å². The van der Waals surface area contributed by atoms with E-state index >= 15 is 0 Å². The molecular formula is C30H29N7O2. The number of pyridine rings is 1. The van der Waals surface area contributed by atoms with E-state index in [1.807, 2.05) is 49.6 Å². The van der Waals surface area contributed by atoms with Crippen LogP contribution in [0.2, 0.25) is 0 Å². The number of amides is 1. The maximum atomic E-state index is 13.3. The number of fused-ring (bicyclic) bond motifs is 1. The number of carbonyl (C=O) groups excluding carboxylic acids is 1. The number of nitrogens with zero attached hydrogens (tertiary/aromatic N) is 6. The maximum absolute atomic E-state index is 13.3. The van der Waals surface area contributed by atoms with Gasteiger partial charge in [0, 0.05) is 37.5 Å². The minimum atomic E-state index is -0.236. The van der Waals surface area contributed by atoms with Crippen molar-refractivity contribution < 1.29 is 9.53 Å². The number of carbonyl (C=O) groups is 1. The van der Waals surface area contributed by atoms with Crippen LogP contribution in [0, 0.1) is 23.2 Å². The summed E-state index contributed by atoms with van der Waals surface area (Å²) in [6, 6.07) is 11.9. The van der Waals surface area contributed by atoms with Crippen molar-refractivity contribution in [2.45, 2.75) is 19.3 Å². The second-order valence-electron chi connectivity index (χ2n) is 10.8. The van der Waals surface area contributed by atoms with E-state index in [0.717, 1.165) is 62.4 Å². The number of benzene rings is 1. The third-order valence-corrected chi connectivity index (χ3v) is 8.12. The van der Waals surface area contributed by atoms with Crippen molar-refractivity contribution in [2.75, 3.05) is 38.2 Å². The largest absolute Gasteiger partial charge is 0.379 e. The Morgan fingerprint density at radius 2 is 1.92 bits per heavy atom. The van der Waals surface area contributed by atoms with Gasteiger partial charge in [0.1, 0.15) is 29.0 Å². The molecule has 1 N–H and O–H groups in total. The van der Waals surface area contributed by atoms with Crippen molar-refractivity contribution in [3.63, 3.8) is 0 Å². The highest BCUT2D eigenvalue weighted by atomic mass is 16.5. The predicted octanol–water partition coefficient (Wildman–Crippen LogP) is 3.51. The summed E-state index contributed by atoms with van der Waals surface area (Å²) in [5, 5.41) is 7.86. The molecule has 0 radical (unpaired) electrons. The highest BCUT2D eigenvalue weighted by Crippen LogP contribution is 2.64. The quantitative estimate of drug-likeness (QED) is 0.403. The normalized spacial score (nSPS) is 21.9. The summed E-state index contributed by atoms with van der Waals surface area (Å²) >= 11 is 0. The van der Waals surface area contributed by atoms with Gasteiger partial charge >= 0.3 is 0 Å². The Bertz CT molecular complexity index is 1610. The molecule has 1 aliphatic heterocycles. The Balaban J connectivity index is 1.31. The Kier molecular flexibility index (Phi) is 5.87. The van der Waals surface area contributed by atoms with Gasteiger partial charge in [-0.15, -0.1) is 0 Å². The first-order valence-corrected chi connectivity index (χ1v) is 13.4. The van der Waals surface area contributed by atoms with Crippen molar-refractivity contribution in [3.8, 4) is 34.4 Å². The number of aromatic nitrogens is 5. The predicted molar refractivity (Wildman–Crippen MR) is 148 cm³/mol. The lowest BCUT2D eigenvalue weighted by molar-refractivity contribution is -0.158. The number of hydrogen-bond acceptors (Lipinski definition) is 7. The zero-order valence-electron chi connectivity index (χ0n) is 21.9. The van der Waals surface area contributed by atoms with Gasteiger partial charge in [0.25, 0.3) is 0 Å². The van der Waals surface area contributed by atoms with Crippen molar-refractivity contribution in [1.82, 2.24) is 29.6 Å². The molecule has 3 aliphatic carbocycles. The second-order valence-corrected chi connectivity index (χ2v) is 10.8. The van der Waals surface area contributed by atoms with Gasteiger partial charge in [-0.2, -0.15) is 5.10 Å². The molecule has 4 fully saturated rings. The lowest BCUT2D eigenvalue weighted by atomic mass is 9.44. The number of ether oxygens (including phenoxy) is 1. The van der Waals surface area contributed by atoms with Crippen LogP contribution >= 0.6 is 0 Å². The van der Waals surface area contributed by atoms with Gasteiger partial charge in [0.2, 0.25) is 5.91 Å². The summed E-state index contributed by atoms with van der Waals surface area (Å²) in [7, 11) is 1.89. The molecule has 1 aromatic carbocycles. The first-order valence-electron chi connectivity index (χ1n) is 13.4. The van der Waals surface area contributed by atoms with Crippen LogP contribution in [0.25, 0.3) is 33.5 Å². The summed E-state index contributed by atoms with van der Waals surface area (Å²) in [5.74, 6) is 7.76. The maximum Gasteiger partial charge on any atom is 0.231 e. The molecule has 9 heteroatoms. The summed E-state index contributed by atoms with van der Waals surface area (Å²) in [6.07, 6.45) is 6.40. The van der Waals surface area contributed by atoms with Crippen molar-refractivity contribution in [2.24, 2.45) is 18.4 Å². The molecule has 1 amide bonds. The molecule has 3 saturated carbocycles. The van der Waals surface area contributed by atoms with Crippen LogP contribution in [-0.2, 0) is 16.6 Å². The zero-order valence-corrected chi connectivity index (χ0v) is 21.9. The van der Waals surface area contributed by atoms with Crippen LogP contribution in [0.3, 0.4) is 0 Å². The van der Waals surface area contributed by atoms with Crippen LogP contribution in [0.15, 0.2) is 48.9 Å². The fourth-order valence-corrected chi connectivity index (χ4v) is 5.85. The van der Waals surface area contributed by atoms with Gasteiger partial charge in [0.15, 0.2) is 0 Å². The lowest BCUT2D eigenvalue weighted by Gasteiger charge is -2.59. The zero-order chi connectivity index (χ0) is 26.4. The molecule has 4 aromatic rings. The Hall–Kier alpha value is -4.13. The molecule has 2 bridgehead atoms. The minimum Gasteiger partial charge on any atom is -0.379 e. The van der Waals surface area contributed by atoms with E-state index in [-0.39, 0.29) is 11.3 Å². The average Bonchev–Trinajstić information content (AvgIpc) is 3.29. The highest BCUT2D eigenvalue weighted by Gasteiger charge is 2.61. The first kappa shape index (κ1) is 23.9. The van der Waals surface area contributed by atoms with E-state index in [1.165, 1.54) is 0 Å². The van der Waals surface area contributed by atoms with Crippen LogP contribution in [0.4, 0.5) is 5.82 Å². The van der Waals surface area contributed by atoms with E-state index in [4.69, 9.17) is 14.8 Å². The molecule has 1 saturated heterocycles. The fourth-order valence-electron chi connectivity index (χ4n) is 5.85. The molecule has 0 atom stereocenters. The van der Waals surface area contributed by atoms with E-state index in [1.54, 1.807) is 11.0 Å². The van der Waals surface area contributed by atoms with Gasteiger partial charge in [-0.1, -0.05) is 42.2 Å². The molecular weight excluding hydrogens is 490 g/mol. The Morgan fingerprint density at radius 3 is 2.67 bits per heavy atom. The summed E-state index contributed by atoms with van der Waals surface area (Å²) in [5.41, 5.74) is 5.02. The van der Waals surface area contributed by atoms with Gasteiger partial charge in [-0.25, -0.2) is 15.0 Å². The molecule has 4 heterocycles. The van der Waals surface area contributed by atoms with Gasteiger partial charge < -0.3 is 10.1 Å². The molecule has 4 aliphatic rings. The van der Waals surface area contributed by atoms with E-state index < -0.39 is 0 Å². The average molecular weight is 520 g/mol. The monoisotopic (exact) mass is 519 g/mol. The summed E-state index contributed by atoms with van der Waals surface area (Å²) in [6.45, 7) is 3.81. The molecule has 3 aromatic heterocycles. The number of anilines is 1. The van der Waals surface area contributed by atoms with Crippen molar-refractivity contribution in [1.29, 1.82) is 0 Å². The number of rotatable bonds is 5. The van der Waals surface area contributed by atoms with E-state index in [2.05, 4.69) is 32.0 Å². The molecule has 196 valence electrons. The smallest absolute Gasteiger partial charge is 0.231 e. The molecule has 0 spiro atoms. The van der Waals surface area contributed by atoms with Gasteiger partial charge in [-0.05, 0) is 31.2 Å². The van der Waals surface area contributed by atoms with Gasteiger partial charge in [-0.3, -0.25) is 14.4 Å². The third-order valence-electron chi connectivity index (χ3n) is 8.12. The van der Waals surface area contributed by atoms with Crippen LogP contribution < -0.4 is 5.32 Å². The number of morpholine rings is 1. The lowest BCUT2D eigenvalue weighted by Crippen LogP contribution is -2.58. The molecule has 39 heavy (non-hydrogen) atoms. The number of hydrogen-bond donors (Lipinski definition) is 1. The summed E-state index contributed by atoms with van der Waals surface area (Å²) < 4.78 is 7.23. The first-order chi connectivity index (χ1) is 19.1. The van der Waals surface area contributed by atoms with Crippen LogP contribution in [0.5, 0.6) is 0 Å². The van der Waals surface area contributed by atoms with Crippen molar-refractivity contribution in [3.05, 3.63) is 54.5 Å². The molecule has 9 nitrogen and oxygen atoms in total. The fraction of sp³-hybridized carbons (Fsp3) is 0.367. The van der Waals surface area contributed by atoms with Gasteiger partial charge in [0.05, 0.1) is 36.3 Å². The number of nitrogens with one attached hydrogen (secondary N) is 1. The van der Waals surface area contributed by atoms with E-state index in [9.17, 15) is 4.79 Å². The highest BCUT2D eigenvalue weighted by molar-refractivity contribution is 6.00. The van der Waals surface area contributed by atoms with Crippen LogP contribution in [-0.4, -0.2) is 68.4 Å².